The van der Waals surface area contributed by atoms with E-state index in [1.165, 1.54) is 17.2 Å². The molecule has 1 amide bonds. The molecule has 0 saturated carbocycles. The summed E-state index contributed by atoms with van der Waals surface area (Å²) in [7, 11) is 0. The molecule has 0 spiro atoms. The second-order valence-electron chi connectivity index (χ2n) is 8.56. The van der Waals surface area contributed by atoms with Crippen molar-refractivity contribution in [2.75, 3.05) is 18.0 Å². The number of nitrogens with zero attached hydrogens (tertiary/aromatic N) is 2. The first-order chi connectivity index (χ1) is 15.2. The van der Waals surface area contributed by atoms with Gasteiger partial charge in [-0.1, -0.05) is 67.6 Å². The Morgan fingerprint density at radius 2 is 1.81 bits per heavy atom. The van der Waals surface area contributed by atoms with Gasteiger partial charge in [-0.2, -0.15) is 0 Å². The summed E-state index contributed by atoms with van der Waals surface area (Å²) in [6.07, 6.45) is 2.42. The molecule has 4 nitrogen and oxygen atoms in total. The Balaban J connectivity index is 1.46. The lowest BCUT2D eigenvalue weighted by molar-refractivity contribution is 0.0952. The minimum Gasteiger partial charge on any atom is -0.356 e. The van der Waals surface area contributed by atoms with E-state index in [0.717, 1.165) is 41.8 Å². The van der Waals surface area contributed by atoms with Crippen molar-refractivity contribution >= 4 is 33.4 Å². The van der Waals surface area contributed by atoms with Crippen LogP contribution in [0.25, 0.3) is 21.7 Å². The zero-order valence-electron chi connectivity index (χ0n) is 17.8. The molecule has 3 aromatic carbocycles. The van der Waals surface area contributed by atoms with Crippen LogP contribution in [0.4, 0.5) is 5.82 Å². The Kier molecular flexibility index (Phi) is 5.29. The number of hydrogen-bond donors (Lipinski definition) is 1. The number of benzene rings is 3. The molecule has 1 atom stereocenters. The first kappa shape index (κ1) is 19.6. The van der Waals surface area contributed by atoms with Gasteiger partial charge in [0.15, 0.2) is 0 Å². The maximum atomic E-state index is 13.3. The summed E-state index contributed by atoms with van der Waals surface area (Å²) in [4.78, 5) is 20.5. The predicted molar refractivity (Wildman–Crippen MR) is 127 cm³/mol. The van der Waals surface area contributed by atoms with Gasteiger partial charge in [0.1, 0.15) is 5.82 Å². The highest BCUT2D eigenvalue weighted by atomic mass is 16.1. The molecule has 31 heavy (non-hydrogen) atoms. The Morgan fingerprint density at radius 1 is 1.03 bits per heavy atom. The Bertz CT molecular complexity index is 1240. The average molecular weight is 410 g/mol. The second-order valence-corrected chi connectivity index (χ2v) is 8.56. The molecule has 4 aromatic rings. The molecule has 1 fully saturated rings. The number of fused-ring (bicyclic) bond motifs is 2. The summed E-state index contributed by atoms with van der Waals surface area (Å²) in [6, 6.07) is 24.4. The van der Waals surface area contributed by atoms with Crippen LogP contribution < -0.4 is 10.2 Å². The van der Waals surface area contributed by atoms with E-state index in [0.29, 0.717) is 18.0 Å². The van der Waals surface area contributed by atoms with E-state index in [1.54, 1.807) is 0 Å². The lowest BCUT2D eigenvalue weighted by atomic mass is 10.00. The highest BCUT2D eigenvalue weighted by molar-refractivity contribution is 6.07. The predicted octanol–water partition coefficient (Wildman–Crippen LogP) is 5.55. The van der Waals surface area contributed by atoms with Crippen LogP contribution >= 0.6 is 0 Å². The first-order valence-corrected chi connectivity index (χ1v) is 11.1. The molecule has 1 N–H and O–H groups in total. The minimum absolute atomic E-state index is 0.0576. The van der Waals surface area contributed by atoms with Gasteiger partial charge in [0.25, 0.3) is 5.91 Å². The Morgan fingerprint density at radius 3 is 2.68 bits per heavy atom. The fourth-order valence-electron chi connectivity index (χ4n) is 4.63. The van der Waals surface area contributed by atoms with Crippen LogP contribution in [-0.2, 0) is 6.54 Å². The molecule has 5 rings (SSSR count). The van der Waals surface area contributed by atoms with E-state index >= 15 is 0 Å². The van der Waals surface area contributed by atoms with Gasteiger partial charge in [0.05, 0.1) is 11.1 Å². The number of nitrogens with one attached hydrogen (secondary N) is 1. The smallest absolute Gasteiger partial charge is 0.252 e. The third-order valence-electron chi connectivity index (χ3n) is 6.25. The van der Waals surface area contributed by atoms with E-state index in [-0.39, 0.29) is 5.91 Å². The van der Waals surface area contributed by atoms with E-state index in [9.17, 15) is 4.79 Å². The van der Waals surface area contributed by atoms with E-state index < -0.39 is 0 Å². The summed E-state index contributed by atoms with van der Waals surface area (Å²) in [5.41, 5.74) is 2.68. The summed E-state index contributed by atoms with van der Waals surface area (Å²) < 4.78 is 0. The number of pyridine rings is 1. The molecule has 0 bridgehead atoms. The summed E-state index contributed by atoms with van der Waals surface area (Å²) in [5.74, 6) is 1.49. The van der Waals surface area contributed by atoms with Crippen LogP contribution in [-0.4, -0.2) is 24.0 Å². The molecule has 1 aliphatic heterocycles. The normalized spacial score (nSPS) is 16.5. The quantitative estimate of drug-likeness (QED) is 0.480. The SMILES string of the molecule is C[C@H]1CCCN(c2cc(C(=O)NCc3cccc4ccccc34)c3ccccc3n2)C1. The van der Waals surface area contributed by atoms with Gasteiger partial charge in [-0.15, -0.1) is 0 Å². The molecular weight excluding hydrogens is 382 g/mol. The monoisotopic (exact) mass is 409 g/mol. The summed E-state index contributed by atoms with van der Waals surface area (Å²) in [5, 5.41) is 6.41. The Labute approximate surface area is 182 Å². The lowest BCUT2D eigenvalue weighted by Gasteiger charge is -2.32. The number of anilines is 1. The van der Waals surface area contributed by atoms with Gasteiger partial charge in [-0.3, -0.25) is 4.79 Å². The van der Waals surface area contributed by atoms with Crippen molar-refractivity contribution in [2.24, 2.45) is 5.92 Å². The second kappa shape index (κ2) is 8.38. The van der Waals surface area contributed by atoms with Crippen LogP contribution in [0.5, 0.6) is 0 Å². The number of aromatic nitrogens is 1. The number of amides is 1. The topological polar surface area (TPSA) is 45.2 Å². The van der Waals surface area contributed by atoms with Gasteiger partial charge in [0.2, 0.25) is 0 Å². The molecule has 1 saturated heterocycles. The van der Waals surface area contributed by atoms with Crippen molar-refractivity contribution in [1.29, 1.82) is 0 Å². The van der Waals surface area contributed by atoms with Crippen molar-refractivity contribution in [3.63, 3.8) is 0 Å². The fraction of sp³-hybridized carbons (Fsp3) is 0.259. The Hall–Kier alpha value is -3.40. The first-order valence-electron chi connectivity index (χ1n) is 11.1. The van der Waals surface area contributed by atoms with Gasteiger partial charge in [-0.25, -0.2) is 4.98 Å². The number of piperidine rings is 1. The van der Waals surface area contributed by atoms with E-state index in [2.05, 4.69) is 41.4 Å². The van der Waals surface area contributed by atoms with Crippen molar-refractivity contribution in [3.05, 3.63) is 83.9 Å². The molecule has 0 radical (unpaired) electrons. The maximum absolute atomic E-state index is 13.3. The largest absolute Gasteiger partial charge is 0.356 e. The minimum atomic E-state index is -0.0576. The zero-order valence-corrected chi connectivity index (χ0v) is 17.8. The molecule has 0 aliphatic carbocycles. The third kappa shape index (κ3) is 3.98. The van der Waals surface area contributed by atoms with E-state index in [4.69, 9.17) is 4.98 Å². The van der Waals surface area contributed by atoms with Crippen molar-refractivity contribution < 1.29 is 4.79 Å². The van der Waals surface area contributed by atoms with Crippen LogP contribution in [0.2, 0.25) is 0 Å². The van der Waals surface area contributed by atoms with Crippen LogP contribution in [0.3, 0.4) is 0 Å². The number of para-hydroxylation sites is 1. The highest BCUT2D eigenvalue weighted by Gasteiger charge is 2.20. The van der Waals surface area contributed by atoms with Gasteiger partial charge < -0.3 is 10.2 Å². The third-order valence-corrected chi connectivity index (χ3v) is 6.25. The molecule has 1 aromatic heterocycles. The molecule has 1 aliphatic rings. The van der Waals surface area contributed by atoms with Gasteiger partial charge >= 0.3 is 0 Å². The summed E-state index contributed by atoms with van der Waals surface area (Å²) in [6.45, 7) is 4.76. The number of rotatable bonds is 4. The van der Waals surface area contributed by atoms with Gasteiger partial charge in [0, 0.05) is 25.0 Å². The molecule has 156 valence electrons. The number of carbonyl (C=O) groups is 1. The molecule has 4 heteroatoms. The van der Waals surface area contributed by atoms with Crippen molar-refractivity contribution in [3.8, 4) is 0 Å². The molecular formula is C27H27N3O. The maximum Gasteiger partial charge on any atom is 0.252 e. The summed E-state index contributed by atoms with van der Waals surface area (Å²) >= 11 is 0. The fourth-order valence-corrected chi connectivity index (χ4v) is 4.63. The highest BCUT2D eigenvalue weighted by Crippen LogP contribution is 2.27. The van der Waals surface area contributed by atoms with Crippen LogP contribution in [0.1, 0.15) is 35.7 Å². The van der Waals surface area contributed by atoms with E-state index in [1.807, 2.05) is 48.5 Å². The van der Waals surface area contributed by atoms with Crippen molar-refractivity contribution in [1.82, 2.24) is 10.3 Å². The molecule has 0 unspecified atom stereocenters. The average Bonchev–Trinajstić information content (AvgIpc) is 2.81. The number of carbonyl (C=O) groups excluding carboxylic acids is 1. The van der Waals surface area contributed by atoms with Crippen LogP contribution in [0.15, 0.2) is 72.8 Å². The van der Waals surface area contributed by atoms with Crippen molar-refractivity contribution in [2.45, 2.75) is 26.3 Å². The standard InChI is InChI=1S/C27H27N3O/c1-19-8-7-15-30(18-19)26-16-24(23-13-4-5-14-25(23)29-26)27(31)28-17-21-11-6-10-20-9-2-3-12-22(20)21/h2-6,9-14,16,19H,7-8,15,17-18H2,1H3,(H,28,31)/t19-/m0/s1. The van der Waals surface area contributed by atoms with Crippen LogP contribution in [0, 0.1) is 5.92 Å². The lowest BCUT2D eigenvalue weighted by Crippen LogP contribution is -2.35. The van der Waals surface area contributed by atoms with Gasteiger partial charge in [-0.05, 0) is 47.2 Å². The zero-order chi connectivity index (χ0) is 21.2. The molecule has 2 heterocycles. The number of hydrogen-bond acceptors (Lipinski definition) is 3.